The third-order valence-corrected chi connectivity index (χ3v) is 9.50. The Morgan fingerprint density at radius 3 is 1.64 bits per heavy atom. The van der Waals surface area contributed by atoms with E-state index < -0.39 is 16.9 Å². The summed E-state index contributed by atoms with van der Waals surface area (Å²) >= 11 is 0. The molecule has 0 heterocycles. The molecule has 0 unspecified atom stereocenters. The summed E-state index contributed by atoms with van der Waals surface area (Å²) in [5.41, 5.74) is 2.78. The number of nitro groups is 1. The number of ether oxygens (including phenoxy) is 4. The van der Waals surface area contributed by atoms with Gasteiger partial charge in [0.05, 0.1) is 16.2 Å². The predicted octanol–water partition coefficient (Wildman–Crippen LogP) is 12.3. The second kappa shape index (κ2) is 28.1. The first-order valence-corrected chi connectivity index (χ1v) is 21.0. The van der Waals surface area contributed by atoms with Gasteiger partial charge in [0.2, 0.25) is 0 Å². The van der Waals surface area contributed by atoms with Crippen LogP contribution in [0.15, 0.2) is 94.3 Å². The van der Waals surface area contributed by atoms with Crippen LogP contribution in [0, 0.1) is 28.4 Å². The predicted molar refractivity (Wildman–Crippen MR) is 236 cm³/mol. The van der Waals surface area contributed by atoms with Gasteiger partial charge in [0, 0.05) is 55.2 Å². The van der Waals surface area contributed by atoms with Crippen molar-refractivity contribution in [1.82, 2.24) is 0 Å². The second-order valence-electron chi connectivity index (χ2n) is 14.2. The minimum absolute atomic E-state index is 0.0676. The van der Waals surface area contributed by atoms with Crippen molar-refractivity contribution in [3.05, 3.63) is 95.1 Å². The molecule has 0 fully saturated rings. The van der Waals surface area contributed by atoms with E-state index in [-0.39, 0.29) is 66.2 Å². The van der Waals surface area contributed by atoms with Crippen LogP contribution in [0.4, 0.5) is 34.1 Å². The molecule has 0 amide bonds. The lowest BCUT2D eigenvalue weighted by Gasteiger charge is -2.26. The Bertz CT molecular complexity index is 1990. The molecule has 0 spiro atoms. The third-order valence-electron chi connectivity index (χ3n) is 9.50. The zero-order valence-corrected chi connectivity index (χ0v) is 35.8. The molecule has 3 aromatic rings. The Labute approximate surface area is 359 Å². The molecule has 15 nitrogen and oxygen atoms in total. The number of azo groups is 2. The molecular weight excluding hydrogens is 779 g/mol. The lowest BCUT2D eigenvalue weighted by molar-refractivity contribution is -0.384. The fourth-order valence-electron chi connectivity index (χ4n) is 6.15. The molecule has 0 N–H and O–H groups in total. The number of hydrogen-bond acceptors (Lipinski definition) is 14. The molecule has 3 rings (SSSR count). The number of nitro benzene ring substituents is 1. The molecule has 15 heteroatoms. The van der Waals surface area contributed by atoms with Gasteiger partial charge in [-0.15, -0.1) is 15.3 Å². The smallest absolute Gasteiger partial charge is 0.330 e. The number of anilines is 1. The Kier molecular flexibility index (Phi) is 22.6. The SMILES string of the molecule is C=CC(=O)OCCOc1cc(N=Nc2ccc([N+](=O)[O-])cc2C#N)c(OCCOC(=O)C=C)cc1N=Nc1ccc(N(CCCCCCCC)CCCCCCCC)cc1C. The van der Waals surface area contributed by atoms with E-state index in [2.05, 4.69) is 64.5 Å². The van der Waals surface area contributed by atoms with E-state index in [1.165, 1.54) is 88.5 Å². The van der Waals surface area contributed by atoms with Gasteiger partial charge in [-0.05, 0) is 49.6 Å². The maximum absolute atomic E-state index is 11.7. The van der Waals surface area contributed by atoms with E-state index >= 15 is 0 Å². The van der Waals surface area contributed by atoms with Crippen LogP contribution in [0.3, 0.4) is 0 Å². The molecule has 0 aromatic heterocycles. The monoisotopic (exact) mass is 837 g/mol. The van der Waals surface area contributed by atoms with Crippen LogP contribution in [0.25, 0.3) is 0 Å². The van der Waals surface area contributed by atoms with Crippen LogP contribution in [0.1, 0.15) is 102 Å². The molecule has 0 saturated carbocycles. The number of non-ortho nitro benzene ring substituents is 1. The van der Waals surface area contributed by atoms with Gasteiger partial charge in [-0.25, -0.2) is 9.59 Å². The van der Waals surface area contributed by atoms with Crippen molar-refractivity contribution in [2.45, 2.75) is 97.8 Å². The average Bonchev–Trinajstić information content (AvgIpc) is 3.27. The van der Waals surface area contributed by atoms with E-state index in [1.54, 1.807) is 0 Å². The number of rotatable bonds is 30. The van der Waals surface area contributed by atoms with Crippen molar-refractivity contribution in [2.24, 2.45) is 20.5 Å². The number of nitriles is 1. The van der Waals surface area contributed by atoms with E-state index in [9.17, 15) is 25.0 Å². The largest absolute Gasteiger partial charge is 0.488 e. The van der Waals surface area contributed by atoms with Gasteiger partial charge in [-0.1, -0.05) is 91.2 Å². The van der Waals surface area contributed by atoms with Gasteiger partial charge in [0.25, 0.3) is 5.69 Å². The maximum Gasteiger partial charge on any atom is 0.330 e. The van der Waals surface area contributed by atoms with Crippen LogP contribution < -0.4 is 14.4 Å². The molecule has 0 aliphatic carbocycles. The van der Waals surface area contributed by atoms with Gasteiger partial charge in [-0.3, -0.25) is 10.1 Å². The molecule has 0 bridgehead atoms. The molecule has 0 aliphatic rings. The highest BCUT2D eigenvalue weighted by Gasteiger charge is 2.16. The number of esters is 2. The van der Waals surface area contributed by atoms with Crippen molar-refractivity contribution in [3.8, 4) is 17.6 Å². The number of carbonyl (C=O) groups excluding carboxylic acids is 2. The fourth-order valence-corrected chi connectivity index (χ4v) is 6.15. The van der Waals surface area contributed by atoms with E-state index in [1.807, 2.05) is 19.1 Å². The van der Waals surface area contributed by atoms with Crippen LogP contribution in [0.2, 0.25) is 0 Å². The van der Waals surface area contributed by atoms with Gasteiger partial charge in [0.15, 0.2) is 0 Å². The van der Waals surface area contributed by atoms with E-state index in [0.29, 0.717) is 5.69 Å². The summed E-state index contributed by atoms with van der Waals surface area (Å²) in [5.74, 6) is -0.923. The van der Waals surface area contributed by atoms with E-state index in [0.717, 1.165) is 55.4 Å². The number of aryl methyl sites for hydroxylation is 1. The summed E-state index contributed by atoms with van der Waals surface area (Å²) in [6.45, 7) is 14.9. The summed E-state index contributed by atoms with van der Waals surface area (Å²) < 4.78 is 22.1. The van der Waals surface area contributed by atoms with Crippen molar-refractivity contribution < 1.29 is 33.5 Å². The van der Waals surface area contributed by atoms with Gasteiger partial charge >= 0.3 is 11.9 Å². The van der Waals surface area contributed by atoms with Crippen molar-refractivity contribution in [3.63, 3.8) is 0 Å². The third kappa shape index (κ3) is 17.8. The number of hydrogen-bond donors (Lipinski definition) is 0. The lowest BCUT2D eigenvalue weighted by atomic mass is 10.1. The summed E-state index contributed by atoms with van der Waals surface area (Å²) in [7, 11) is 0. The zero-order valence-electron chi connectivity index (χ0n) is 35.8. The molecule has 61 heavy (non-hydrogen) atoms. The van der Waals surface area contributed by atoms with Crippen LogP contribution in [0.5, 0.6) is 11.5 Å². The second-order valence-corrected chi connectivity index (χ2v) is 14.2. The minimum Gasteiger partial charge on any atom is -0.488 e. The lowest BCUT2D eigenvalue weighted by Crippen LogP contribution is -2.25. The van der Waals surface area contributed by atoms with Crippen molar-refractivity contribution in [1.29, 1.82) is 5.26 Å². The Balaban J connectivity index is 1.99. The highest BCUT2D eigenvalue weighted by atomic mass is 16.6. The molecular formula is C46H59N7O8. The molecule has 326 valence electrons. The van der Waals surface area contributed by atoms with Crippen LogP contribution in [-0.2, 0) is 19.1 Å². The zero-order chi connectivity index (χ0) is 44.2. The van der Waals surface area contributed by atoms with E-state index in [4.69, 9.17) is 18.9 Å². The number of benzene rings is 3. The molecule has 0 aliphatic heterocycles. The Morgan fingerprint density at radius 2 is 1.16 bits per heavy atom. The van der Waals surface area contributed by atoms with Crippen molar-refractivity contribution in [2.75, 3.05) is 44.4 Å². The number of unbranched alkanes of at least 4 members (excludes halogenated alkanes) is 10. The van der Waals surface area contributed by atoms with Gasteiger partial charge < -0.3 is 23.8 Å². The summed E-state index contributed by atoms with van der Waals surface area (Å²) in [6.07, 6.45) is 16.9. The normalized spacial score (nSPS) is 11.0. The highest BCUT2D eigenvalue weighted by molar-refractivity contribution is 5.81. The standard InChI is InChI=1S/C46H59N7O8/c1-6-10-12-14-16-18-24-52(25-19-17-15-13-11-7-2)37-20-22-39(35(5)30-37)48-50-41-32-44(59-27-29-61-46(55)9-4)42(33-43(41)58-26-28-60-45(54)8-3)51-49-40-23-21-38(53(56)57)31-36(40)34-47/h8-9,20-23,30-33H,3-4,6-7,10-19,24-29H2,1-2,5H3. The van der Waals surface area contributed by atoms with Crippen LogP contribution >= 0.6 is 0 Å². The summed E-state index contributed by atoms with van der Waals surface area (Å²) in [4.78, 5) is 36.5. The van der Waals surface area contributed by atoms with Gasteiger partial charge in [0.1, 0.15) is 61.1 Å². The maximum atomic E-state index is 11.7. The molecule has 0 radical (unpaired) electrons. The summed E-state index contributed by atoms with van der Waals surface area (Å²) in [6, 6.07) is 14.7. The molecule has 3 aromatic carbocycles. The first-order valence-electron chi connectivity index (χ1n) is 21.0. The van der Waals surface area contributed by atoms with Crippen LogP contribution in [-0.4, -0.2) is 56.4 Å². The quantitative estimate of drug-likeness (QED) is 0.0156. The fraction of sp³-hybridized carbons (Fsp3) is 0.457. The number of carbonyl (C=O) groups is 2. The average molecular weight is 838 g/mol. The Morgan fingerprint density at radius 1 is 0.689 bits per heavy atom. The minimum atomic E-state index is -0.629. The Hall–Kier alpha value is -6.43. The van der Waals surface area contributed by atoms with Crippen molar-refractivity contribution >= 4 is 46.1 Å². The highest BCUT2D eigenvalue weighted by Crippen LogP contribution is 2.42. The number of nitrogens with zero attached hydrogens (tertiary/aromatic N) is 7. The first kappa shape index (κ1) is 48.9. The molecule has 0 atom stereocenters. The first-order chi connectivity index (χ1) is 29.6. The molecule has 0 saturated heterocycles. The topological polar surface area (TPSA) is 191 Å². The summed E-state index contributed by atoms with van der Waals surface area (Å²) in [5, 5.41) is 38.6. The van der Waals surface area contributed by atoms with Gasteiger partial charge in [-0.2, -0.15) is 10.4 Å².